The van der Waals surface area contributed by atoms with Gasteiger partial charge in [0.25, 0.3) is 5.91 Å². The minimum Gasteiger partial charge on any atom is -0.326 e. The quantitative estimate of drug-likeness (QED) is 0.636. The van der Waals surface area contributed by atoms with Gasteiger partial charge in [-0.15, -0.1) is 0 Å². The van der Waals surface area contributed by atoms with E-state index in [1.165, 1.54) is 6.92 Å². The Hall–Kier alpha value is -2.70. The molecule has 7 heteroatoms. The van der Waals surface area contributed by atoms with Gasteiger partial charge in [-0.25, -0.2) is 4.79 Å². The second-order valence-electron chi connectivity index (χ2n) is 5.95. The number of hydrogen-bond donors (Lipinski definition) is 2. The highest BCUT2D eigenvalue weighted by atomic mass is 16.2. The molecule has 1 heterocycles. The number of ketones is 1. The maximum Gasteiger partial charge on any atom is 0.325 e. The minimum atomic E-state index is -0.941. The van der Waals surface area contributed by atoms with Gasteiger partial charge < -0.3 is 10.6 Å². The maximum absolute atomic E-state index is 12.0. The standard InChI is InChI=1S/C16H19N3O4/c1-10(20)11-5-4-6-12(9-11)17-13(21)7-8-19-14(22)16(2,3)18-15(19)23/h4-6,9H,7-8H2,1-3H3,(H,17,21)(H,18,23). The first-order chi connectivity index (χ1) is 10.7. The molecule has 23 heavy (non-hydrogen) atoms. The van der Waals surface area contributed by atoms with Gasteiger partial charge in [0.15, 0.2) is 5.78 Å². The third kappa shape index (κ3) is 3.74. The Kier molecular flexibility index (Phi) is 4.49. The molecule has 1 fully saturated rings. The average molecular weight is 317 g/mol. The van der Waals surface area contributed by atoms with Crippen LogP contribution in [0.5, 0.6) is 0 Å². The summed E-state index contributed by atoms with van der Waals surface area (Å²) >= 11 is 0. The van der Waals surface area contributed by atoms with Gasteiger partial charge in [-0.2, -0.15) is 0 Å². The number of rotatable bonds is 5. The van der Waals surface area contributed by atoms with Crippen LogP contribution in [0, 0.1) is 0 Å². The van der Waals surface area contributed by atoms with Crippen LogP contribution >= 0.6 is 0 Å². The predicted octanol–water partition coefficient (Wildman–Crippen LogP) is 1.55. The summed E-state index contributed by atoms with van der Waals surface area (Å²) in [5, 5.41) is 5.21. The number of Topliss-reactive ketones (excluding diaryl/α,β-unsaturated/α-hetero) is 1. The highest BCUT2D eigenvalue weighted by molar-refractivity contribution is 6.07. The van der Waals surface area contributed by atoms with E-state index < -0.39 is 11.6 Å². The molecule has 0 saturated carbocycles. The normalized spacial score (nSPS) is 16.2. The molecule has 0 bridgehead atoms. The molecule has 1 aliphatic rings. The van der Waals surface area contributed by atoms with Crippen LogP contribution in [0.1, 0.15) is 37.6 Å². The van der Waals surface area contributed by atoms with Crippen molar-refractivity contribution < 1.29 is 19.2 Å². The largest absolute Gasteiger partial charge is 0.326 e. The van der Waals surface area contributed by atoms with Gasteiger partial charge in [0, 0.05) is 24.2 Å². The van der Waals surface area contributed by atoms with Gasteiger partial charge in [-0.3, -0.25) is 19.3 Å². The number of carbonyl (C=O) groups is 4. The van der Waals surface area contributed by atoms with E-state index in [9.17, 15) is 19.2 Å². The number of imide groups is 1. The number of benzene rings is 1. The Morgan fingerprint density at radius 3 is 2.52 bits per heavy atom. The number of anilines is 1. The minimum absolute atomic E-state index is 0.00628. The maximum atomic E-state index is 12.0. The molecule has 2 rings (SSSR count). The van der Waals surface area contributed by atoms with Crippen molar-refractivity contribution in [2.45, 2.75) is 32.7 Å². The topological polar surface area (TPSA) is 95.6 Å². The average Bonchev–Trinajstić information content (AvgIpc) is 2.65. The van der Waals surface area contributed by atoms with Gasteiger partial charge >= 0.3 is 6.03 Å². The molecular formula is C16H19N3O4. The molecule has 0 radical (unpaired) electrons. The lowest BCUT2D eigenvalue weighted by Gasteiger charge is -2.15. The fourth-order valence-corrected chi connectivity index (χ4v) is 2.27. The van der Waals surface area contributed by atoms with E-state index in [1.807, 2.05) is 0 Å². The van der Waals surface area contributed by atoms with Gasteiger partial charge in [-0.05, 0) is 32.9 Å². The van der Waals surface area contributed by atoms with Crippen molar-refractivity contribution in [3.05, 3.63) is 29.8 Å². The zero-order valence-electron chi connectivity index (χ0n) is 13.3. The monoisotopic (exact) mass is 317 g/mol. The molecule has 0 aliphatic carbocycles. The molecule has 122 valence electrons. The van der Waals surface area contributed by atoms with Crippen molar-refractivity contribution in [1.82, 2.24) is 10.2 Å². The number of nitrogens with one attached hydrogen (secondary N) is 2. The summed E-state index contributed by atoms with van der Waals surface area (Å²) in [7, 11) is 0. The summed E-state index contributed by atoms with van der Waals surface area (Å²) in [4.78, 5) is 48.0. The van der Waals surface area contributed by atoms with E-state index in [1.54, 1.807) is 38.1 Å². The molecular weight excluding hydrogens is 298 g/mol. The summed E-state index contributed by atoms with van der Waals surface area (Å²) < 4.78 is 0. The van der Waals surface area contributed by atoms with E-state index in [-0.39, 0.29) is 30.6 Å². The molecule has 1 aromatic rings. The van der Waals surface area contributed by atoms with Crippen LogP contribution < -0.4 is 10.6 Å². The van der Waals surface area contributed by atoms with Crippen LogP contribution in [0.2, 0.25) is 0 Å². The van der Waals surface area contributed by atoms with E-state index in [0.29, 0.717) is 11.3 Å². The molecule has 1 saturated heterocycles. The number of amides is 4. The van der Waals surface area contributed by atoms with Crippen molar-refractivity contribution in [3.8, 4) is 0 Å². The Bertz CT molecular complexity index is 682. The van der Waals surface area contributed by atoms with Crippen molar-refractivity contribution in [1.29, 1.82) is 0 Å². The first-order valence-corrected chi connectivity index (χ1v) is 7.25. The van der Waals surface area contributed by atoms with Crippen LogP contribution in [0.3, 0.4) is 0 Å². The van der Waals surface area contributed by atoms with Crippen LogP contribution in [-0.4, -0.2) is 40.6 Å². The highest BCUT2D eigenvalue weighted by Gasteiger charge is 2.43. The van der Waals surface area contributed by atoms with Crippen LogP contribution in [0.4, 0.5) is 10.5 Å². The van der Waals surface area contributed by atoms with Crippen molar-refractivity contribution in [2.75, 3.05) is 11.9 Å². The Morgan fingerprint density at radius 2 is 1.96 bits per heavy atom. The Labute approximate surface area is 134 Å². The third-order valence-electron chi connectivity index (χ3n) is 3.56. The molecule has 7 nitrogen and oxygen atoms in total. The van der Waals surface area contributed by atoms with Crippen LogP contribution in [0.25, 0.3) is 0 Å². The number of urea groups is 1. The Balaban J connectivity index is 1.93. The highest BCUT2D eigenvalue weighted by Crippen LogP contribution is 2.17. The lowest BCUT2D eigenvalue weighted by Crippen LogP contribution is -2.40. The molecule has 4 amide bonds. The van der Waals surface area contributed by atoms with Crippen LogP contribution in [0.15, 0.2) is 24.3 Å². The molecule has 0 unspecified atom stereocenters. The molecule has 1 aliphatic heterocycles. The van der Waals surface area contributed by atoms with Gasteiger partial charge in [0.1, 0.15) is 5.54 Å². The summed E-state index contributed by atoms with van der Waals surface area (Å²) in [5.41, 5.74) is 0.0579. The number of carbonyl (C=O) groups excluding carboxylic acids is 4. The second kappa shape index (κ2) is 6.20. The summed E-state index contributed by atoms with van der Waals surface area (Å²) in [6, 6.07) is 6.09. The van der Waals surface area contributed by atoms with Crippen molar-refractivity contribution in [2.24, 2.45) is 0 Å². The molecule has 2 N–H and O–H groups in total. The third-order valence-corrected chi connectivity index (χ3v) is 3.56. The Morgan fingerprint density at radius 1 is 1.26 bits per heavy atom. The summed E-state index contributed by atoms with van der Waals surface area (Å²) in [6.45, 7) is 4.67. The predicted molar refractivity (Wildman–Crippen MR) is 84.0 cm³/mol. The molecule has 1 aromatic carbocycles. The first kappa shape index (κ1) is 16.7. The fourth-order valence-electron chi connectivity index (χ4n) is 2.27. The lowest BCUT2D eigenvalue weighted by molar-refractivity contribution is -0.130. The van der Waals surface area contributed by atoms with E-state index in [0.717, 1.165) is 4.90 Å². The number of hydrogen-bond acceptors (Lipinski definition) is 4. The van der Waals surface area contributed by atoms with Crippen molar-refractivity contribution >= 4 is 29.3 Å². The zero-order valence-corrected chi connectivity index (χ0v) is 13.3. The smallest absolute Gasteiger partial charge is 0.325 e. The van der Waals surface area contributed by atoms with Gasteiger partial charge in [0.2, 0.25) is 5.91 Å². The summed E-state index contributed by atoms with van der Waals surface area (Å²) in [5.74, 6) is -0.785. The SMILES string of the molecule is CC(=O)c1cccc(NC(=O)CCN2C(=O)NC(C)(C)C2=O)c1. The lowest BCUT2D eigenvalue weighted by atomic mass is 10.1. The fraction of sp³-hybridized carbons (Fsp3) is 0.375. The van der Waals surface area contributed by atoms with Crippen LogP contribution in [-0.2, 0) is 9.59 Å². The van der Waals surface area contributed by atoms with E-state index in [2.05, 4.69) is 10.6 Å². The van der Waals surface area contributed by atoms with Gasteiger partial charge in [-0.1, -0.05) is 12.1 Å². The van der Waals surface area contributed by atoms with E-state index in [4.69, 9.17) is 0 Å². The number of nitrogens with zero attached hydrogens (tertiary/aromatic N) is 1. The first-order valence-electron chi connectivity index (χ1n) is 7.25. The second-order valence-corrected chi connectivity index (χ2v) is 5.95. The summed E-state index contributed by atoms with van der Waals surface area (Å²) in [6.07, 6.45) is -0.0143. The molecule has 0 spiro atoms. The molecule has 0 aromatic heterocycles. The van der Waals surface area contributed by atoms with E-state index >= 15 is 0 Å². The molecule has 0 atom stereocenters. The van der Waals surface area contributed by atoms with Crippen molar-refractivity contribution in [3.63, 3.8) is 0 Å². The van der Waals surface area contributed by atoms with Gasteiger partial charge in [0.05, 0.1) is 0 Å². The zero-order chi connectivity index (χ0) is 17.2.